The molecule has 0 spiro atoms. The Balaban J connectivity index is 2.12. The number of hydrogen-bond acceptors (Lipinski definition) is 7. The van der Waals surface area contributed by atoms with Crippen molar-refractivity contribution >= 4 is 23.5 Å². The fourth-order valence-electron chi connectivity index (χ4n) is 2.82. The molecule has 1 saturated heterocycles. The van der Waals surface area contributed by atoms with Crippen LogP contribution < -0.4 is 23.8 Å². The van der Waals surface area contributed by atoms with E-state index in [1.165, 1.54) is 18.9 Å². The Morgan fingerprint density at radius 3 is 2.31 bits per heavy atom. The second kappa shape index (κ2) is 7.74. The lowest BCUT2D eigenvalue weighted by molar-refractivity contribution is -0.115. The van der Waals surface area contributed by atoms with E-state index in [9.17, 15) is 4.79 Å². The van der Waals surface area contributed by atoms with Gasteiger partial charge in [0.05, 0.1) is 39.8 Å². The van der Waals surface area contributed by atoms with Gasteiger partial charge < -0.3 is 18.9 Å². The molecule has 1 aromatic heterocycles. The number of anilines is 1. The maximum absolute atomic E-state index is 12.7. The summed E-state index contributed by atoms with van der Waals surface area (Å²) in [5.74, 6) is 2.95. The van der Waals surface area contributed by atoms with E-state index >= 15 is 0 Å². The molecule has 0 radical (unpaired) electrons. The van der Waals surface area contributed by atoms with Gasteiger partial charge in [-0.1, -0.05) is 6.07 Å². The van der Waals surface area contributed by atoms with Gasteiger partial charge >= 0.3 is 0 Å². The monoisotopic (exact) mass is 376 g/mol. The highest BCUT2D eigenvalue weighted by atomic mass is 32.2. The van der Waals surface area contributed by atoms with Crippen LogP contribution in [0.2, 0.25) is 0 Å². The van der Waals surface area contributed by atoms with E-state index < -0.39 is 0 Å². The standard InChI is InChI=1S/C18H20N2O5S/c1-22-11-8-14(19-15(9-11)25-4)20-16(21)10-26-18(20)17-12(23-2)6-5-7-13(17)24-3/h5-9,18H,10H2,1-4H3. The maximum Gasteiger partial charge on any atom is 0.239 e. The lowest BCUT2D eigenvalue weighted by Gasteiger charge is -2.26. The van der Waals surface area contributed by atoms with Crippen molar-refractivity contribution in [3.8, 4) is 23.1 Å². The summed E-state index contributed by atoms with van der Waals surface area (Å²) in [4.78, 5) is 18.7. The Morgan fingerprint density at radius 2 is 1.73 bits per heavy atom. The molecule has 1 aromatic carbocycles. The zero-order chi connectivity index (χ0) is 18.7. The van der Waals surface area contributed by atoms with E-state index in [-0.39, 0.29) is 11.3 Å². The molecule has 1 fully saturated rings. The molecule has 8 heteroatoms. The molecule has 0 bridgehead atoms. The maximum atomic E-state index is 12.7. The first-order chi connectivity index (χ1) is 12.6. The van der Waals surface area contributed by atoms with Crippen LogP contribution in [0.3, 0.4) is 0 Å². The number of benzene rings is 1. The number of rotatable bonds is 6. The third-order valence-electron chi connectivity index (χ3n) is 4.03. The minimum atomic E-state index is -0.335. The van der Waals surface area contributed by atoms with Gasteiger partial charge in [0.2, 0.25) is 11.8 Å². The number of carbonyl (C=O) groups is 1. The molecule has 0 aliphatic carbocycles. The third-order valence-corrected chi connectivity index (χ3v) is 5.21. The summed E-state index contributed by atoms with van der Waals surface area (Å²) in [5.41, 5.74) is 0.789. The van der Waals surface area contributed by atoms with Gasteiger partial charge in [0.25, 0.3) is 0 Å². The predicted octanol–water partition coefficient (Wildman–Crippen LogP) is 2.89. The predicted molar refractivity (Wildman–Crippen MR) is 99.6 cm³/mol. The van der Waals surface area contributed by atoms with Gasteiger partial charge in [0.15, 0.2) is 0 Å². The fourth-order valence-corrected chi connectivity index (χ4v) is 4.04. The van der Waals surface area contributed by atoms with Gasteiger partial charge in [-0.3, -0.25) is 9.69 Å². The van der Waals surface area contributed by atoms with Gasteiger partial charge in [0.1, 0.15) is 28.4 Å². The van der Waals surface area contributed by atoms with Crippen LogP contribution in [0.1, 0.15) is 10.9 Å². The Kier molecular flexibility index (Phi) is 5.41. The number of hydrogen-bond donors (Lipinski definition) is 0. The van der Waals surface area contributed by atoms with E-state index in [4.69, 9.17) is 18.9 Å². The molecule has 1 atom stereocenters. The number of methoxy groups -OCH3 is 4. The first-order valence-corrected chi connectivity index (χ1v) is 8.92. The Bertz CT molecular complexity index is 770. The third kappa shape index (κ3) is 3.24. The van der Waals surface area contributed by atoms with Crippen molar-refractivity contribution in [3.05, 3.63) is 35.9 Å². The summed E-state index contributed by atoms with van der Waals surface area (Å²) < 4.78 is 21.6. The average Bonchev–Trinajstić information content (AvgIpc) is 3.07. The molecule has 1 unspecified atom stereocenters. The second-order valence-corrected chi connectivity index (χ2v) is 6.48. The van der Waals surface area contributed by atoms with E-state index in [1.54, 1.807) is 38.4 Å². The molecule has 26 heavy (non-hydrogen) atoms. The number of carbonyl (C=O) groups excluding carboxylic acids is 1. The highest BCUT2D eigenvalue weighted by molar-refractivity contribution is 8.00. The number of ether oxygens (including phenoxy) is 4. The number of pyridine rings is 1. The van der Waals surface area contributed by atoms with Gasteiger partial charge in [-0.15, -0.1) is 11.8 Å². The lowest BCUT2D eigenvalue weighted by atomic mass is 10.1. The van der Waals surface area contributed by atoms with Crippen molar-refractivity contribution in [3.63, 3.8) is 0 Å². The highest BCUT2D eigenvalue weighted by Gasteiger charge is 2.38. The van der Waals surface area contributed by atoms with Crippen molar-refractivity contribution in [1.82, 2.24) is 4.98 Å². The highest BCUT2D eigenvalue weighted by Crippen LogP contribution is 2.48. The van der Waals surface area contributed by atoms with E-state index in [0.717, 1.165) is 5.56 Å². The van der Waals surface area contributed by atoms with Crippen LogP contribution >= 0.6 is 11.8 Å². The summed E-state index contributed by atoms with van der Waals surface area (Å²) in [5, 5.41) is -0.335. The second-order valence-electron chi connectivity index (χ2n) is 5.41. The van der Waals surface area contributed by atoms with Crippen molar-refractivity contribution < 1.29 is 23.7 Å². The summed E-state index contributed by atoms with van der Waals surface area (Å²) >= 11 is 1.49. The number of aromatic nitrogens is 1. The van der Waals surface area contributed by atoms with Gasteiger partial charge in [-0.2, -0.15) is 4.98 Å². The quantitative estimate of drug-likeness (QED) is 0.768. The molecule has 1 amide bonds. The van der Waals surface area contributed by atoms with Gasteiger partial charge in [-0.25, -0.2) is 0 Å². The molecule has 7 nitrogen and oxygen atoms in total. The average molecular weight is 376 g/mol. The minimum absolute atomic E-state index is 0.0595. The molecular formula is C18H20N2O5S. The van der Waals surface area contributed by atoms with Crippen molar-refractivity contribution in [1.29, 1.82) is 0 Å². The minimum Gasteiger partial charge on any atom is -0.496 e. The lowest BCUT2D eigenvalue weighted by Crippen LogP contribution is -2.29. The summed E-state index contributed by atoms with van der Waals surface area (Å²) in [6.07, 6.45) is 0. The molecule has 2 aromatic rings. The van der Waals surface area contributed by atoms with Crippen LogP contribution in [-0.4, -0.2) is 45.1 Å². The van der Waals surface area contributed by atoms with Crippen LogP contribution in [0, 0.1) is 0 Å². The van der Waals surface area contributed by atoms with E-state index in [1.807, 2.05) is 18.2 Å². The molecule has 2 heterocycles. The molecule has 1 aliphatic heterocycles. The molecule has 138 valence electrons. The SMILES string of the molecule is COc1cc(OC)nc(N2C(=O)CSC2c2c(OC)cccc2OC)c1. The van der Waals surface area contributed by atoms with Crippen LogP contribution in [-0.2, 0) is 4.79 Å². The topological polar surface area (TPSA) is 70.1 Å². The largest absolute Gasteiger partial charge is 0.496 e. The van der Waals surface area contributed by atoms with Crippen molar-refractivity contribution in [2.24, 2.45) is 0 Å². The normalized spacial score (nSPS) is 16.5. The Labute approximate surface area is 156 Å². The molecule has 1 aliphatic rings. The first-order valence-electron chi connectivity index (χ1n) is 7.87. The zero-order valence-electron chi connectivity index (χ0n) is 15.0. The van der Waals surface area contributed by atoms with Gasteiger partial charge in [-0.05, 0) is 12.1 Å². The van der Waals surface area contributed by atoms with Crippen LogP contribution in [0.25, 0.3) is 0 Å². The Morgan fingerprint density at radius 1 is 1.04 bits per heavy atom. The first kappa shape index (κ1) is 18.2. The zero-order valence-corrected chi connectivity index (χ0v) is 15.8. The summed E-state index contributed by atoms with van der Waals surface area (Å²) in [7, 11) is 6.26. The smallest absolute Gasteiger partial charge is 0.239 e. The van der Waals surface area contributed by atoms with Crippen molar-refractivity contribution in [2.75, 3.05) is 39.1 Å². The van der Waals surface area contributed by atoms with E-state index in [2.05, 4.69) is 4.98 Å². The van der Waals surface area contributed by atoms with Gasteiger partial charge in [0, 0.05) is 12.1 Å². The van der Waals surface area contributed by atoms with E-state index in [0.29, 0.717) is 34.7 Å². The number of amides is 1. The summed E-state index contributed by atoms with van der Waals surface area (Å²) in [6.45, 7) is 0. The number of thioether (sulfide) groups is 1. The fraction of sp³-hybridized carbons (Fsp3) is 0.333. The number of nitrogens with zero attached hydrogens (tertiary/aromatic N) is 2. The molecule has 3 rings (SSSR count). The molecule has 0 saturated carbocycles. The van der Waals surface area contributed by atoms with Crippen LogP contribution in [0.15, 0.2) is 30.3 Å². The Hall–Kier alpha value is -2.61. The molecule has 0 N–H and O–H groups in total. The van der Waals surface area contributed by atoms with Crippen LogP contribution in [0.5, 0.6) is 23.1 Å². The summed E-state index contributed by atoms with van der Waals surface area (Å²) in [6, 6.07) is 8.91. The molecular weight excluding hydrogens is 356 g/mol. The van der Waals surface area contributed by atoms with Crippen molar-refractivity contribution in [2.45, 2.75) is 5.37 Å². The van der Waals surface area contributed by atoms with Crippen LogP contribution in [0.4, 0.5) is 5.82 Å².